The third-order valence-electron chi connectivity index (χ3n) is 1.57. The number of hydrogen-bond donors (Lipinski definition) is 0. The maximum absolute atomic E-state index is 13.1. The normalized spacial score (nSPS) is 10.5. The second kappa shape index (κ2) is 3.92. The van der Waals surface area contributed by atoms with Gasteiger partial charge in [-0.2, -0.15) is 0 Å². The van der Waals surface area contributed by atoms with E-state index in [4.69, 9.17) is 11.6 Å². The van der Waals surface area contributed by atoms with Crippen LogP contribution in [0.15, 0.2) is 22.7 Å². The molecular formula is C8H3BrClFN2S. The smallest absolute Gasteiger partial charge is 0.206 e. The van der Waals surface area contributed by atoms with E-state index in [-0.39, 0.29) is 5.82 Å². The predicted molar refractivity (Wildman–Crippen MR) is 58.0 cm³/mol. The largest absolute Gasteiger partial charge is 0.207 e. The SMILES string of the molecule is Fc1cc(-c2nnc(Cl)s2)ccc1Br. The number of rotatable bonds is 1. The molecule has 72 valence electrons. The molecule has 0 fully saturated rings. The molecule has 1 aromatic heterocycles. The van der Waals surface area contributed by atoms with Gasteiger partial charge in [-0.3, -0.25) is 0 Å². The molecule has 0 saturated carbocycles. The lowest BCUT2D eigenvalue weighted by atomic mass is 10.2. The van der Waals surface area contributed by atoms with Gasteiger partial charge in [-0.1, -0.05) is 17.4 Å². The van der Waals surface area contributed by atoms with E-state index >= 15 is 0 Å². The van der Waals surface area contributed by atoms with Gasteiger partial charge in [0.15, 0.2) is 0 Å². The van der Waals surface area contributed by atoms with Crippen molar-refractivity contribution in [3.05, 3.63) is 33.0 Å². The minimum Gasteiger partial charge on any atom is -0.206 e. The zero-order valence-corrected chi connectivity index (χ0v) is 9.83. The minimum absolute atomic E-state index is 0.325. The summed E-state index contributed by atoms with van der Waals surface area (Å²) in [4.78, 5) is 0. The Morgan fingerprint density at radius 1 is 1.36 bits per heavy atom. The van der Waals surface area contributed by atoms with Crippen LogP contribution in [0.4, 0.5) is 4.39 Å². The molecule has 0 saturated heterocycles. The summed E-state index contributed by atoms with van der Waals surface area (Å²) in [5.41, 5.74) is 0.676. The molecule has 0 atom stereocenters. The molecule has 0 aliphatic carbocycles. The number of aromatic nitrogens is 2. The highest BCUT2D eigenvalue weighted by atomic mass is 79.9. The fourth-order valence-corrected chi connectivity index (χ4v) is 2.02. The maximum atomic E-state index is 13.1. The minimum atomic E-state index is -0.325. The van der Waals surface area contributed by atoms with Crippen molar-refractivity contribution < 1.29 is 4.39 Å². The molecule has 2 nitrogen and oxygen atoms in total. The van der Waals surface area contributed by atoms with Crippen molar-refractivity contribution in [1.82, 2.24) is 10.2 Å². The zero-order chi connectivity index (χ0) is 10.1. The first-order chi connectivity index (χ1) is 6.66. The standard InChI is InChI=1S/C8H3BrClFN2S/c9-5-2-1-4(3-6(5)11)7-12-13-8(10)14-7/h1-3H. The van der Waals surface area contributed by atoms with Gasteiger partial charge in [-0.05, 0) is 39.7 Å². The molecule has 2 rings (SSSR count). The molecule has 6 heteroatoms. The van der Waals surface area contributed by atoms with Gasteiger partial charge in [0.25, 0.3) is 0 Å². The third kappa shape index (κ3) is 1.94. The van der Waals surface area contributed by atoms with E-state index < -0.39 is 0 Å². The molecule has 0 spiro atoms. The van der Waals surface area contributed by atoms with E-state index in [0.717, 1.165) is 0 Å². The zero-order valence-electron chi connectivity index (χ0n) is 6.67. The van der Waals surface area contributed by atoms with Crippen molar-refractivity contribution in [3.8, 4) is 10.6 Å². The fraction of sp³-hybridized carbons (Fsp3) is 0. The quantitative estimate of drug-likeness (QED) is 0.800. The molecule has 1 aromatic carbocycles. The number of nitrogens with zero attached hydrogens (tertiary/aromatic N) is 2. The highest BCUT2D eigenvalue weighted by Crippen LogP contribution is 2.28. The van der Waals surface area contributed by atoms with E-state index in [0.29, 0.717) is 19.5 Å². The summed E-state index contributed by atoms with van der Waals surface area (Å²) in [6, 6.07) is 4.77. The second-order valence-electron chi connectivity index (χ2n) is 2.49. The molecule has 0 aliphatic heterocycles. The van der Waals surface area contributed by atoms with E-state index in [1.807, 2.05) is 0 Å². The van der Waals surface area contributed by atoms with E-state index in [2.05, 4.69) is 26.1 Å². The summed E-state index contributed by atoms with van der Waals surface area (Å²) >= 11 is 9.91. The Labute approximate surface area is 96.9 Å². The Morgan fingerprint density at radius 3 is 2.71 bits per heavy atom. The van der Waals surface area contributed by atoms with Crippen LogP contribution in [0, 0.1) is 5.82 Å². The molecule has 1 heterocycles. The van der Waals surface area contributed by atoms with Gasteiger partial charge in [0, 0.05) is 5.56 Å². The summed E-state index contributed by atoms with van der Waals surface area (Å²) < 4.78 is 13.9. The number of halogens is 3. The predicted octanol–water partition coefficient (Wildman–Crippen LogP) is 3.76. The van der Waals surface area contributed by atoms with Crippen molar-refractivity contribution in [2.24, 2.45) is 0 Å². The highest BCUT2D eigenvalue weighted by molar-refractivity contribution is 9.10. The van der Waals surface area contributed by atoms with Crippen LogP contribution >= 0.6 is 38.9 Å². The van der Waals surface area contributed by atoms with Crippen LogP contribution in [0.3, 0.4) is 0 Å². The highest BCUT2D eigenvalue weighted by Gasteiger charge is 2.07. The summed E-state index contributed by atoms with van der Waals surface area (Å²) in [6.45, 7) is 0. The molecular weight excluding hydrogens is 291 g/mol. The van der Waals surface area contributed by atoms with Gasteiger partial charge in [-0.15, -0.1) is 10.2 Å². The molecule has 0 unspecified atom stereocenters. The van der Waals surface area contributed by atoms with Crippen LogP contribution in [-0.2, 0) is 0 Å². The van der Waals surface area contributed by atoms with Crippen molar-refractivity contribution in [2.45, 2.75) is 0 Å². The molecule has 0 aliphatic rings. The summed E-state index contributed by atoms with van der Waals surface area (Å²) in [6.07, 6.45) is 0. The molecule has 0 amide bonds. The summed E-state index contributed by atoms with van der Waals surface area (Å²) in [5.74, 6) is -0.325. The maximum Gasteiger partial charge on any atom is 0.207 e. The molecule has 0 bridgehead atoms. The van der Waals surface area contributed by atoms with Crippen LogP contribution in [0.5, 0.6) is 0 Å². The topological polar surface area (TPSA) is 25.8 Å². The first-order valence-corrected chi connectivity index (χ1v) is 5.60. The Balaban J connectivity index is 2.47. The van der Waals surface area contributed by atoms with E-state index in [1.165, 1.54) is 17.4 Å². The lowest BCUT2D eigenvalue weighted by Gasteiger charge is -1.96. The molecule has 14 heavy (non-hydrogen) atoms. The Hall–Kier alpha value is -0.520. The van der Waals surface area contributed by atoms with Crippen molar-refractivity contribution >= 4 is 38.9 Å². The van der Waals surface area contributed by atoms with Crippen molar-refractivity contribution in [1.29, 1.82) is 0 Å². The summed E-state index contributed by atoms with van der Waals surface area (Å²) in [7, 11) is 0. The summed E-state index contributed by atoms with van der Waals surface area (Å²) in [5, 5.41) is 8.07. The first kappa shape index (κ1) is 10.0. The monoisotopic (exact) mass is 292 g/mol. The van der Waals surface area contributed by atoms with Gasteiger partial charge in [0.05, 0.1) is 4.47 Å². The number of hydrogen-bond acceptors (Lipinski definition) is 3. The van der Waals surface area contributed by atoms with Crippen LogP contribution in [-0.4, -0.2) is 10.2 Å². The van der Waals surface area contributed by atoms with Gasteiger partial charge in [-0.25, -0.2) is 4.39 Å². The number of benzene rings is 1. The molecule has 2 aromatic rings. The first-order valence-electron chi connectivity index (χ1n) is 3.61. The third-order valence-corrected chi connectivity index (χ3v) is 3.28. The Bertz CT molecular complexity index is 474. The molecule has 0 N–H and O–H groups in total. The molecule has 0 radical (unpaired) electrons. The van der Waals surface area contributed by atoms with Gasteiger partial charge < -0.3 is 0 Å². The van der Waals surface area contributed by atoms with Gasteiger partial charge in [0.2, 0.25) is 4.47 Å². The van der Waals surface area contributed by atoms with Crippen LogP contribution in [0.25, 0.3) is 10.6 Å². The van der Waals surface area contributed by atoms with Crippen molar-refractivity contribution in [2.75, 3.05) is 0 Å². The van der Waals surface area contributed by atoms with E-state index in [9.17, 15) is 4.39 Å². The fourth-order valence-electron chi connectivity index (χ4n) is 0.951. The van der Waals surface area contributed by atoms with E-state index in [1.54, 1.807) is 12.1 Å². The Kier molecular flexibility index (Phi) is 2.80. The Morgan fingerprint density at radius 2 is 2.14 bits per heavy atom. The van der Waals surface area contributed by atoms with Crippen LogP contribution in [0.2, 0.25) is 4.47 Å². The van der Waals surface area contributed by atoms with Crippen LogP contribution in [0.1, 0.15) is 0 Å². The van der Waals surface area contributed by atoms with Gasteiger partial charge >= 0.3 is 0 Å². The lowest BCUT2D eigenvalue weighted by Crippen LogP contribution is -1.81. The van der Waals surface area contributed by atoms with Crippen LogP contribution < -0.4 is 0 Å². The van der Waals surface area contributed by atoms with Crippen molar-refractivity contribution in [3.63, 3.8) is 0 Å². The lowest BCUT2D eigenvalue weighted by molar-refractivity contribution is 0.621. The van der Waals surface area contributed by atoms with Gasteiger partial charge in [0.1, 0.15) is 10.8 Å². The average molecular weight is 294 g/mol. The average Bonchev–Trinajstić information content (AvgIpc) is 2.57. The second-order valence-corrected chi connectivity index (χ2v) is 4.90.